The molecule has 162 valence electrons. The molecule has 30 heavy (non-hydrogen) atoms. The number of hydrogen-bond donors (Lipinski definition) is 3. The largest absolute Gasteiger partial charge is 0.451 e. The molecule has 2 unspecified atom stereocenters. The summed E-state index contributed by atoms with van der Waals surface area (Å²) >= 11 is 3.20. The number of aliphatic hydroxyl groups excluding tert-OH is 1. The molecule has 2 aromatic carbocycles. The van der Waals surface area contributed by atoms with E-state index in [1.807, 2.05) is 26.0 Å². The lowest BCUT2D eigenvalue weighted by molar-refractivity contribution is -0.155. The van der Waals surface area contributed by atoms with Gasteiger partial charge in [-0.3, -0.25) is 9.59 Å². The molecule has 3 N–H and O–H groups in total. The van der Waals surface area contributed by atoms with Gasteiger partial charge in [-0.05, 0) is 56.7 Å². The van der Waals surface area contributed by atoms with Crippen LogP contribution < -0.4 is 10.0 Å². The van der Waals surface area contributed by atoms with Crippen LogP contribution >= 0.6 is 15.9 Å². The minimum atomic E-state index is -4.08. The number of sulfonamides is 1. The molecule has 2 atom stereocenters. The monoisotopic (exact) mass is 498 g/mol. The molecule has 0 radical (unpaired) electrons. The number of benzene rings is 2. The molecule has 2 rings (SSSR count). The lowest BCUT2D eigenvalue weighted by Gasteiger charge is -2.19. The summed E-state index contributed by atoms with van der Waals surface area (Å²) in [6.45, 7) is 4.28. The number of nitrogens with one attached hydrogen (secondary N) is 2. The van der Waals surface area contributed by atoms with Gasteiger partial charge in [0, 0.05) is 10.2 Å². The third kappa shape index (κ3) is 6.36. The maximum Gasteiger partial charge on any atom is 0.327 e. The first-order valence-electron chi connectivity index (χ1n) is 9.01. The Morgan fingerprint density at radius 1 is 1.13 bits per heavy atom. The summed E-state index contributed by atoms with van der Waals surface area (Å²) in [7, 11) is -4.08. The minimum absolute atomic E-state index is 0.0856. The van der Waals surface area contributed by atoms with Gasteiger partial charge in [0.15, 0.2) is 6.10 Å². The van der Waals surface area contributed by atoms with Crippen molar-refractivity contribution in [2.45, 2.75) is 37.8 Å². The van der Waals surface area contributed by atoms with Crippen molar-refractivity contribution in [3.8, 4) is 0 Å². The molecule has 0 bridgehead atoms. The molecule has 0 spiro atoms. The van der Waals surface area contributed by atoms with Crippen molar-refractivity contribution >= 4 is 43.5 Å². The zero-order valence-corrected chi connectivity index (χ0v) is 19.1. The number of halogens is 1. The Bertz CT molecular complexity index is 1020. The summed E-state index contributed by atoms with van der Waals surface area (Å²) in [6, 6.07) is 9.64. The predicted octanol–water partition coefficient (Wildman–Crippen LogP) is 2.28. The van der Waals surface area contributed by atoms with E-state index in [4.69, 9.17) is 4.74 Å². The van der Waals surface area contributed by atoms with Gasteiger partial charge in [0.1, 0.15) is 6.04 Å². The summed E-state index contributed by atoms with van der Waals surface area (Å²) in [5.41, 5.74) is 2.45. The fourth-order valence-corrected chi connectivity index (χ4v) is 3.97. The molecule has 8 nitrogen and oxygen atoms in total. The number of amides is 1. The SMILES string of the molecule is Cc1ccc(NC(=O)C(C)OC(=O)C(CO)NS(=O)(=O)c2ccc(Br)cc2)c(C)c1. The number of ether oxygens (including phenoxy) is 1. The number of aliphatic hydroxyl groups is 1. The standard InChI is InChI=1S/C20H23BrN2O6S/c1-12-4-9-17(13(2)10-12)22-19(25)14(3)29-20(26)18(11-24)23-30(27,28)16-7-5-15(21)6-8-16/h4-10,14,18,23-24H,11H2,1-3H3,(H,22,25). The van der Waals surface area contributed by atoms with E-state index in [1.54, 1.807) is 6.07 Å². The number of rotatable bonds is 8. The second-order valence-corrected chi connectivity index (χ2v) is 9.33. The Morgan fingerprint density at radius 2 is 1.77 bits per heavy atom. The van der Waals surface area contributed by atoms with Gasteiger partial charge in [0.2, 0.25) is 10.0 Å². The highest BCUT2D eigenvalue weighted by Crippen LogP contribution is 2.17. The van der Waals surface area contributed by atoms with E-state index in [0.29, 0.717) is 10.2 Å². The second kappa shape index (κ2) is 10.2. The van der Waals surface area contributed by atoms with Crippen molar-refractivity contribution < 1.29 is 27.9 Å². The van der Waals surface area contributed by atoms with Gasteiger partial charge in [-0.1, -0.05) is 33.6 Å². The van der Waals surface area contributed by atoms with E-state index in [1.165, 1.54) is 31.2 Å². The Labute approximate surface area is 183 Å². The number of aryl methyl sites for hydroxylation is 2. The number of anilines is 1. The second-order valence-electron chi connectivity index (χ2n) is 6.70. The number of esters is 1. The first kappa shape index (κ1) is 24.0. The number of carbonyl (C=O) groups is 2. The molecule has 1 amide bonds. The number of hydrogen-bond acceptors (Lipinski definition) is 6. The number of carbonyl (C=O) groups excluding carboxylic acids is 2. The van der Waals surface area contributed by atoms with Crippen molar-refractivity contribution in [3.05, 3.63) is 58.1 Å². The van der Waals surface area contributed by atoms with E-state index in [0.717, 1.165) is 11.1 Å². The van der Waals surface area contributed by atoms with Crippen LogP contribution in [-0.2, 0) is 24.3 Å². The van der Waals surface area contributed by atoms with Crippen molar-refractivity contribution in [3.63, 3.8) is 0 Å². The van der Waals surface area contributed by atoms with Crippen LogP contribution in [0.1, 0.15) is 18.1 Å². The van der Waals surface area contributed by atoms with E-state index in [-0.39, 0.29) is 4.90 Å². The lowest BCUT2D eigenvalue weighted by atomic mass is 10.1. The van der Waals surface area contributed by atoms with Crippen LogP contribution in [0.2, 0.25) is 0 Å². The molecular formula is C20H23BrN2O6S. The van der Waals surface area contributed by atoms with Crippen molar-refractivity contribution in [1.82, 2.24) is 4.72 Å². The average molecular weight is 499 g/mol. The summed E-state index contributed by atoms with van der Waals surface area (Å²) in [5, 5.41) is 12.1. The quantitative estimate of drug-likeness (QED) is 0.480. The van der Waals surface area contributed by atoms with Gasteiger partial charge < -0.3 is 15.2 Å². The highest BCUT2D eigenvalue weighted by Gasteiger charge is 2.29. The minimum Gasteiger partial charge on any atom is -0.451 e. The van der Waals surface area contributed by atoms with Gasteiger partial charge in [-0.2, -0.15) is 4.72 Å². The molecule has 0 aliphatic heterocycles. The topological polar surface area (TPSA) is 122 Å². The highest BCUT2D eigenvalue weighted by atomic mass is 79.9. The van der Waals surface area contributed by atoms with Crippen molar-refractivity contribution in [2.24, 2.45) is 0 Å². The zero-order valence-electron chi connectivity index (χ0n) is 16.7. The maximum absolute atomic E-state index is 12.4. The fourth-order valence-electron chi connectivity index (χ4n) is 2.53. The van der Waals surface area contributed by atoms with E-state index in [2.05, 4.69) is 26.0 Å². The zero-order chi connectivity index (χ0) is 22.5. The molecule has 2 aromatic rings. The predicted molar refractivity (Wildman–Crippen MR) is 115 cm³/mol. The Balaban J connectivity index is 2.02. The van der Waals surface area contributed by atoms with Crippen LogP contribution in [0.4, 0.5) is 5.69 Å². The smallest absolute Gasteiger partial charge is 0.327 e. The first-order chi connectivity index (χ1) is 14.0. The third-order valence-corrected chi connectivity index (χ3v) is 6.21. The molecular weight excluding hydrogens is 476 g/mol. The molecule has 0 aromatic heterocycles. The normalized spacial score (nSPS) is 13.4. The van der Waals surface area contributed by atoms with Crippen LogP contribution in [0.5, 0.6) is 0 Å². The first-order valence-corrected chi connectivity index (χ1v) is 11.3. The van der Waals surface area contributed by atoms with Gasteiger partial charge in [0.25, 0.3) is 5.91 Å². The Hall–Kier alpha value is -2.27. The van der Waals surface area contributed by atoms with Gasteiger partial charge in [-0.15, -0.1) is 0 Å². The third-order valence-electron chi connectivity index (χ3n) is 4.19. The summed E-state index contributed by atoms with van der Waals surface area (Å²) < 4.78 is 32.7. The molecule has 0 aliphatic carbocycles. The van der Waals surface area contributed by atoms with Gasteiger partial charge >= 0.3 is 5.97 Å². The molecule has 0 saturated carbocycles. The van der Waals surface area contributed by atoms with Gasteiger partial charge in [-0.25, -0.2) is 8.42 Å². The van der Waals surface area contributed by atoms with Crippen LogP contribution in [0, 0.1) is 13.8 Å². The van der Waals surface area contributed by atoms with E-state index >= 15 is 0 Å². The van der Waals surface area contributed by atoms with E-state index in [9.17, 15) is 23.1 Å². The van der Waals surface area contributed by atoms with E-state index < -0.39 is 40.7 Å². The van der Waals surface area contributed by atoms with Crippen molar-refractivity contribution in [2.75, 3.05) is 11.9 Å². The average Bonchev–Trinajstić information content (AvgIpc) is 2.68. The van der Waals surface area contributed by atoms with Gasteiger partial charge in [0.05, 0.1) is 11.5 Å². The molecule has 0 saturated heterocycles. The van der Waals surface area contributed by atoms with Crippen LogP contribution in [0.3, 0.4) is 0 Å². The summed E-state index contributed by atoms with van der Waals surface area (Å²) in [5.74, 6) is -1.65. The van der Waals surface area contributed by atoms with Crippen LogP contribution in [0.25, 0.3) is 0 Å². The Morgan fingerprint density at radius 3 is 2.33 bits per heavy atom. The van der Waals surface area contributed by atoms with Crippen LogP contribution in [0.15, 0.2) is 51.8 Å². The molecule has 0 fully saturated rings. The van der Waals surface area contributed by atoms with Crippen molar-refractivity contribution in [1.29, 1.82) is 0 Å². The lowest BCUT2D eigenvalue weighted by Crippen LogP contribution is -2.46. The molecule has 0 aliphatic rings. The Kier molecular flexibility index (Phi) is 8.13. The maximum atomic E-state index is 12.4. The summed E-state index contributed by atoms with van der Waals surface area (Å²) in [4.78, 5) is 24.6. The summed E-state index contributed by atoms with van der Waals surface area (Å²) in [6.07, 6.45) is -1.20. The highest BCUT2D eigenvalue weighted by molar-refractivity contribution is 9.10. The molecule has 10 heteroatoms. The molecule has 0 heterocycles. The fraction of sp³-hybridized carbons (Fsp3) is 0.300. The van der Waals surface area contributed by atoms with Crippen LogP contribution in [-0.4, -0.2) is 44.2 Å².